The summed E-state index contributed by atoms with van der Waals surface area (Å²) < 4.78 is 26.5. The minimum atomic E-state index is -3.43. The Morgan fingerprint density at radius 1 is 0.962 bits per heavy atom. The summed E-state index contributed by atoms with van der Waals surface area (Å²) in [5, 5.41) is 13.5. The average Bonchev–Trinajstić information content (AvgIpc) is 2.67. The van der Waals surface area contributed by atoms with Gasteiger partial charge < -0.3 is 10.4 Å². The molecule has 0 radical (unpaired) electrons. The SMILES string of the molecule is CCN(CC)S(=O)(=O)c1ccc([C@@H](C)NC[C@H](O)c2ccccc2)cc1. The zero-order chi connectivity index (χ0) is 19.2. The number of hydrogen-bond acceptors (Lipinski definition) is 4. The molecular formula is C20H28N2O3S. The lowest BCUT2D eigenvalue weighted by atomic mass is 10.1. The van der Waals surface area contributed by atoms with Crippen LogP contribution in [0.2, 0.25) is 0 Å². The van der Waals surface area contributed by atoms with Gasteiger partial charge in [-0.1, -0.05) is 56.3 Å². The standard InChI is InChI=1S/C20H28N2O3S/c1-4-22(5-2)26(24,25)19-13-11-17(12-14-19)16(3)21-15-20(23)18-9-7-6-8-10-18/h6-14,16,20-21,23H,4-5,15H2,1-3H3/t16-,20+/m1/s1. The van der Waals surface area contributed by atoms with E-state index in [0.29, 0.717) is 24.5 Å². The third-order valence-corrected chi connectivity index (χ3v) is 6.59. The first-order valence-electron chi connectivity index (χ1n) is 8.96. The predicted molar refractivity (Wildman–Crippen MR) is 104 cm³/mol. The Morgan fingerprint density at radius 3 is 2.08 bits per heavy atom. The van der Waals surface area contributed by atoms with Gasteiger partial charge in [0.2, 0.25) is 10.0 Å². The van der Waals surface area contributed by atoms with Gasteiger partial charge in [-0.3, -0.25) is 0 Å². The second kappa shape index (κ2) is 9.28. The lowest BCUT2D eigenvalue weighted by molar-refractivity contribution is 0.171. The number of aliphatic hydroxyl groups excluding tert-OH is 1. The van der Waals surface area contributed by atoms with Crippen molar-refractivity contribution in [2.75, 3.05) is 19.6 Å². The molecule has 26 heavy (non-hydrogen) atoms. The molecule has 0 aliphatic carbocycles. The van der Waals surface area contributed by atoms with E-state index in [-0.39, 0.29) is 6.04 Å². The van der Waals surface area contributed by atoms with Crippen molar-refractivity contribution in [3.8, 4) is 0 Å². The molecule has 0 unspecified atom stereocenters. The van der Waals surface area contributed by atoms with E-state index in [0.717, 1.165) is 11.1 Å². The van der Waals surface area contributed by atoms with Crippen molar-refractivity contribution in [1.29, 1.82) is 0 Å². The van der Waals surface area contributed by atoms with E-state index in [1.54, 1.807) is 12.1 Å². The van der Waals surface area contributed by atoms with Crippen molar-refractivity contribution in [2.24, 2.45) is 0 Å². The molecule has 0 fully saturated rings. The van der Waals surface area contributed by atoms with Crippen LogP contribution in [0, 0.1) is 0 Å². The third-order valence-electron chi connectivity index (χ3n) is 4.53. The van der Waals surface area contributed by atoms with Crippen LogP contribution in [0.4, 0.5) is 0 Å². The minimum Gasteiger partial charge on any atom is -0.387 e. The fourth-order valence-electron chi connectivity index (χ4n) is 2.84. The summed E-state index contributed by atoms with van der Waals surface area (Å²) in [4.78, 5) is 0.307. The van der Waals surface area contributed by atoms with Crippen LogP contribution in [0.25, 0.3) is 0 Å². The first-order chi connectivity index (χ1) is 12.4. The van der Waals surface area contributed by atoms with Gasteiger partial charge in [-0.15, -0.1) is 0 Å². The summed E-state index contributed by atoms with van der Waals surface area (Å²) >= 11 is 0. The second-order valence-corrected chi connectivity index (χ2v) is 8.15. The molecule has 0 saturated heterocycles. The second-order valence-electron chi connectivity index (χ2n) is 6.21. The molecular weight excluding hydrogens is 348 g/mol. The van der Waals surface area contributed by atoms with E-state index in [1.165, 1.54) is 4.31 Å². The van der Waals surface area contributed by atoms with Crippen molar-refractivity contribution < 1.29 is 13.5 Å². The van der Waals surface area contributed by atoms with E-state index in [2.05, 4.69) is 5.32 Å². The molecule has 2 aromatic rings. The van der Waals surface area contributed by atoms with Crippen LogP contribution in [-0.2, 0) is 10.0 Å². The monoisotopic (exact) mass is 376 g/mol. The zero-order valence-electron chi connectivity index (χ0n) is 15.6. The molecule has 0 aromatic heterocycles. The van der Waals surface area contributed by atoms with Crippen LogP contribution in [0.1, 0.15) is 44.0 Å². The molecule has 0 saturated carbocycles. The molecule has 142 valence electrons. The molecule has 5 nitrogen and oxygen atoms in total. The lowest BCUT2D eigenvalue weighted by Gasteiger charge is -2.20. The maximum Gasteiger partial charge on any atom is 0.243 e. The lowest BCUT2D eigenvalue weighted by Crippen LogP contribution is -2.30. The van der Waals surface area contributed by atoms with Gasteiger partial charge in [0.25, 0.3) is 0 Å². The molecule has 0 amide bonds. The Bertz CT molecular complexity index is 772. The summed E-state index contributed by atoms with van der Waals surface area (Å²) in [6.07, 6.45) is -0.582. The Balaban J connectivity index is 2.01. The Labute approximate surface area is 156 Å². The number of nitrogens with one attached hydrogen (secondary N) is 1. The van der Waals surface area contributed by atoms with E-state index in [1.807, 2.05) is 63.2 Å². The smallest absolute Gasteiger partial charge is 0.243 e. The Kier molecular flexibility index (Phi) is 7.34. The molecule has 0 spiro atoms. The van der Waals surface area contributed by atoms with E-state index < -0.39 is 16.1 Å². The maximum atomic E-state index is 12.5. The first kappa shape index (κ1) is 20.6. The third kappa shape index (κ3) is 4.92. The number of rotatable bonds is 9. The maximum absolute atomic E-state index is 12.5. The zero-order valence-corrected chi connectivity index (χ0v) is 16.4. The highest BCUT2D eigenvalue weighted by atomic mass is 32.2. The van der Waals surface area contributed by atoms with Crippen molar-refractivity contribution in [3.63, 3.8) is 0 Å². The molecule has 0 aliphatic rings. The van der Waals surface area contributed by atoms with Gasteiger partial charge >= 0.3 is 0 Å². The number of hydrogen-bond donors (Lipinski definition) is 2. The van der Waals surface area contributed by atoms with Gasteiger partial charge in [-0.25, -0.2) is 8.42 Å². The van der Waals surface area contributed by atoms with Crippen LogP contribution >= 0.6 is 0 Å². The molecule has 0 heterocycles. The van der Waals surface area contributed by atoms with Gasteiger partial charge in [-0.05, 0) is 30.2 Å². The van der Waals surface area contributed by atoms with Crippen LogP contribution in [0.15, 0.2) is 59.5 Å². The van der Waals surface area contributed by atoms with E-state index in [9.17, 15) is 13.5 Å². The van der Waals surface area contributed by atoms with Crippen molar-refractivity contribution in [1.82, 2.24) is 9.62 Å². The number of nitrogens with zero attached hydrogens (tertiary/aromatic N) is 1. The van der Waals surface area contributed by atoms with Crippen LogP contribution in [-0.4, -0.2) is 37.5 Å². The summed E-state index contributed by atoms with van der Waals surface area (Å²) in [6, 6.07) is 16.4. The fraction of sp³-hybridized carbons (Fsp3) is 0.400. The van der Waals surface area contributed by atoms with Crippen molar-refractivity contribution >= 4 is 10.0 Å². The van der Waals surface area contributed by atoms with Gasteiger partial charge in [0.15, 0.2) is 0 Å². The highest BCUT2D eigenvalue weighted by Gasteiger charge is 2.21. The van der Waals surface area contributed by atoms with Crippen molar-refractivity contribution in [3.05, 3.63) is 65.7 Å². The summed E-state index contributed by atoms with van der Waals surface area (Å²) in [5.41, 5.74) is 1.84. The normalized spacial score (nSPS) is 14.3. The molecule has 2 atom stereocenters. The Morgan fingerprint density at radius 2 is 1.54 bits per heavy atom. The largest absolute Gasteiger partial charge is 0.387 e. The van der Waals surface area contributed by atoms with Gasteiger partial charge in [0.05, 0.1) is 11.0 Å². The number of sulfonamides is 1. The summed E-state index contributed by atoms with van der Waals surface area (Å²) in [7, 11) is -3.43. The molecule has 2 aromatic carbocycles. The molecule has 2 N–H and O–H groups in total. The molecule has 0 bridgehead atoms. The molecule has 2 rings (SSSR count). The number of aliphatic hydroxyl groups is 1. The fourth-order valence-corrected chi connectivity index (χ4v) is 4.30. The minimum absolute atomic E-state index is 0.00132. The quantitative estimate of drug-likeness (QED) is 0.706. The Hall–Kier alpha value is -1.73. The summed E-state index contributed by atoms with van der Waals surface area (Å²) in [6.45, 7) is 6.99. The molecule has 6 heteroatoms. The van der Waals surface area contributed by atoms with Crippen LogP contribution in [0.5, 0.6) is 0 Å². The van der Waals surface area contributed by atoms with Crippen molar-refractivity contribution in [2.45, 2.75) is 37.8 Å². The van der Waals surface area contributed by atoms with Gasteiger partial charge in [0, 0.05) is 25.7 Å². The van der Waals surface area contributed by atoms with Crippen LogP contribution < -0.4 is 5.32 Å². The number of benzene rings is 2. The average molecular weight is 377 g/mol. The van der Waals surface area contributed by atoms with Crippen LogP contribution in [0.3, 0.4) is 0 Å². The van der Waals surface area contributed by atoms with E-state index in [4.69, 9.17) is 0 Å². The highest BCUT2D eigenvalue weighted by Crippen LogP contribution is 2.20. The first-order valence-corrected chi connectivity index (χ1v) is 10.4. The molecule has 0 aliphatic heterocycles. The van der Waals surface area contributed by atoms with Gasteiger partial charge in [-0.2, -0.15) is 4.31 Å². The van der Waals surface area contributed by atoms with E-state index >= 15 is 0 Å². The predicted octanol–water partition coefficient (Wildman–Crippen LogP) is 3.10. The van der Waals surface area contributed by atoms with Gasteiger partial charge in [0.1, 0.15) is 0 Å². The summed E-state index contributed by atoms with van der Waals surface area (Å²) in [5.74, 6) is 0. The highest BCUT2D eigenvalue weighted by molar-refractivity contribution is 7.89. The topological polar surface area (TPSA) is 69.6 Å².